The Kier molecular flexibility index (Phi) is 4.52. The van der Waals surface area contributed by atoms with E-state index in [2.05, 4.69) is 5.16 Å². The molecule has 1 amide bonds. The fraction of sp³-hybridized carbons (Fsp3) is 0.273. The van der Waals surface area contributed by atoms with Crippen LogP contribution in [0.4, 0.5) is 4.39 Å². The van der Waals surface area contributed by atoms with Crippen molar-refractivity contribution in [1.82, 2.24) is 10.1 Å². The van der Waals surface area contributed by atoms with E-state index in [-0.39, 0.29) is 11.7 Å². The molecule has 0 saturated heterocycles. The lowest BCUT2D eigenvalue weighted by atomic mass is 10.0. The molecule has 4 nitrogen and oxygen atoms in total. The minimum absolute atomic E-state index is 0.111. The van der Waals surface area contributed by atoms with Crippen LogP contribution in [0.2, 0.25) is 0 Å². The molecule has 0 unspecified atom stereocenters. The minimum Gasteiger partial charge on any atom is -0.361 e. The minimum atomic E-state index is -0.251. The molecule has 3 aromatic rings. The van der Waals surface area contributed by atoms with Gasteiger partial charge >= 0.3 is 0 Å². The van der Waals surface area contributed by atoms with Crippen molar-refractivity contribution in [1.29, 1.82) is 0 Å². The Morgan fingerprint density at radius 2 is 1.96 bits per heavy atom. The Balaban J connectivity index is 1.51. The topological polar surface area (TPSA) is 46.3 Å². The largest absolute Gasteiger partial charge is 0.361 e. The number of nitrogens with zero attached hydrogens (tertiary/aromatic N) is 2. The van der Waals surface area contributed by atoms with Gasteiger partial charge < -0.3 is 9.42 Å². The number of amides is 1. The lowest BCUT2D eigenvalue weighted by molar-refractivity contribution is 0.0782. The molecule has 1 saturated carbocycles. The zero-order valence-corrected chi connectivity index (χ0v) is 15.4. The van der Waals surface area contributed by atoms with Gasteiger partial charge in [0.2, 0.25) is 0 Å². The molecule has 2 aromatic carbocycles. The fourth-order valence-corrected chi connectivity index (χ4v) is 3.10. The van der Waals surface area contributed by atoms with Crippen LogP contribution in [0.25, 0.3) is 11.1 Å². The van der Waals surface area contributed by atoms with Gasteiger partial charge in [-0.1, -0.05) is 29.4 Å². The lowest BCUT2D eigenvalue weighted by Crippen LogP contribution is -2.26. The second kappa shape index (κ2) is 6.99. The van der Waals surface area contributed by atoms with Crippen molar-refractivity contribution in [2.45, 2.75) is 32.2 Å². The van der Waals surface area contributed by atoms with Crippen LogP contribution in [0.15, 0.2) is 53.1 Å². The van der Waals surface area contributed by atoms with Gasteiger partial charge in [-0.2, -0.15) is 0 Å². The average Bonchev–Trinajstić information content (AvgIpc) is 3.43. The second-order valence-corrected chi connectivity index (χ2v) is 7.20. The van der Waals surface area contributed by atoms with Gasteiger partial charge in [-0.3, -0.25) is 4.79 Å². The van der Waals surface area contributed by atoms with Crippen molar-refractivity contribution < 1.29 is 13.7 Å². The van der Waals surface area contributed by atoms with Gasteiger partial charge in [0.15, 0.2) is 0 Å². The molecule has 138 valence electrons. The zero-order valence-electron chi connectivity index (χ0n) is 15.4. The number of carbonyl (C=O) groups excluding carboxylic acids is 1. The maximum absolute atomic E-state index is 13.9. The van der Waals surface area contributed by atoms with Crippen LogP contribution >= 0.6 is 0 Å². The molecule has 0 bridgehead atoms. The predicted molar refractivity (Wildman–Crippen MR) is 101 cm³/mol. The molecular weight excluding hydrogens is 343 g/mol. The quantitative estimate of drug-likeness (QED) is 0.644. The average molecular weight is 364 g/mol. The summed E-state index contributed by atoms with van der Waals surface area (Å²) in [6, 6.07) is 14.3. The Bertz CT molecular complexity index is 991. The standard InChI is InChI=1S/C22H21FN2O2/c1-14-6-7-17(11-20(14)23)16-4-3-5-18(10-16)22(26)25(2)13-19-12-21(27-24-19)15-8-9-15/h3-7,10-12,15H,8-9,13H2,1-2H3. The summed E-state index contributed by atoms with van der Waals surface area (Å²) >= 11 is 0. The Morgan fingerprint density at radius 1 is 1.19 bits per heavy atom. The first-order chi connectivity index (χ1) is 13.0. The Morgan fingerprint density at radius 3 is 2.70 bits per heavy atom. The molecular formula is C22H21FN2O2. The van der Waals surface area contributed by atoms with Gasteiger partial charge in [-0.15, -0.1) is 0 Å². The third-order valence-corrected chi connectivity index (χ3v) is 4.92. The van der Waals surface area contributed by atoms with E-state index in [1.54, 1.807) is 37.1 Å². The van der Waals surface area contributed by atoms with E-state index in [9.17, 15) is 9.18 Å². The molecule has 5 heteroatoms. The Hall–Kier alpha value is -2.95. The van der Waals surface area contributed by atoms with Crippen LogP contribution in [0, 0.1) is 12.7 Å². The van der Waals surface area contributed by atoms with Crippen molar-refractivity contribution in [2.24, 2.45) is 0 Å². The third kappa shape index (κ3) is 3.77. The van der Waals surface area contributed by atoms with Crippen molar-refractivity contribution in [2.75, 3.05) is 7.05 Å². The van der Waals surface area contributed by atoms with Gasteiger partial charge in [0.05, 0.1) is 6.54 Å². The molecule has 0 atom stereocenters. The molecule has 0 aliphatic heterocycles. The Labute approximate surface area is 157 Å². The molecule has 0 spiro atoms. The molecule has 1 aliphatic rings. The number of carbonyl (C=O) groups is 1. The normalized spacial score (nSPS) is 13.6. The molecule has 27 heavy (non-hydrogen) atoms. The summed E-state index contributed by atoms with van der Waals surface area (Å²) in [5.41, 5.74) is 3.47. The van der Waals surface area contributed by atoms with Crippen molar-refractivity contribution in [3.8, 4) is 11.1 Å². The maximum Gasteiger partial charge on any atom is 0.253 e. The number of aromatic nitrogens is 1. The fourth-order valence-electron chi connectivity index (χ4n) is 3.10. The number of benzene rings is 2. The van der Waals surface area contributed by atoms with Crippen LogP contribution in [-0.4, -0.2) is 23.0 Å². The summed E-state index contributed by atoms with van der Waals surface area (Å²) in [4.78, 5) is 14.4. The number of rotatable bonds is 5. The van der Waals surface area contributed by atoms with Gasteiger partial charge in [0, 0.05) is 24.6 Å². The van der Waals surface area contributed by atoms with E-state index < -0.39 is 0 Å². The summed E-state index contributed by atoms with van der Waals surface area (Å²) in [5.74, 6) is 1.05. The molecule has 1 heterocycles. The third-order valence-electron chi connectivity index (χ3n) is 4.92. The zero-order chi connectivity index (χ0) is 19.0. The first-order valence-corrected chi connectivity index (χ1v) is 9.09. The van der Waals surface area contributed by atoms with E-state index in [0.29, 0.717) is 23.6 Å². The summed E-state index contributed by atoms with van der Waals surface area (Å²) in [5, 5.41) is 4.07. The highest BCUT2D eigenvalue weighted by atomic mass is 19.1. The van der Waals surface area contributed by atoms with Crippen molar-refractivity contribution in [3.05, 3.63) is 76.9 Å². The highest BCUT2D eigenvalue weighted by Crippen LogP contribution is 2.40. The van der Waals surface area contributed by atoms with E-state index >= 15 is 0 Å². The summed E-state index contributed by atoms with van der Waals surface area (Å²) in [7, 11) is 1.74. The smallest absolute Gasteiger partial charge is 0.253 e. The number of hydrogen-bond donors (Lipinski definition) is 0. The SMILES string of the molecule is Cc1ccc(-c2cccc(C(=O)N(C)Cc3cc(C4CC4)on3)c2)cc1F. The van der Waals surface area contributed by atoms with Crippen LogP contribution in [0.3, 0.4) is 0 Å². The summed E-state index contributed by atoms with van der Waals surface area (Å²) in [6.07, 6.45) is 2.30. The van der Waals surface area contributed by atoms with E-state index in [0.717, 1.165) is 35.4 Å². The van der Waals surface area contributed by atoms with Crippen LogP contribution in [-0.2, 0) is 6.54 Å². The molecule has 4 rings (SSSR count). The molecule has 0 radical (unpaired) electrons. The molecule has 1 fully saturated rings. The highest BCUT2D eigenvalue weighted by molar-refractivity contribution is 5.95. The second-order valence-electron chi connectivity index (χ2n) is 7.20. The molecule has 0 N–H and O–H groups in total. The van der Waals surface area contributed by atoms with Gasteiger partial charge in [-0.25, -0.2) is 4.39 Å². The predicted octanol–water partition coefficient (Wildman–Crippen LogP) is 4.94. The van der Waals surface area contributed by atoms with E-state index in [1.165, 1.54) is 6.07 Å². The first kappa shape index (κ1) is 17.5. The van der Waals surface area contributed by atoms with E-state index in [1.807, 2.05) is 24.3 Å². The highest BCUT2D eigenvalue weighted by Gasteiger charge is 2.28. The van der Waals surface area contributed by atoms with Crippen LogP contribution < -0.4 is 0 Å². The number of aryl methyl sites for hydroxylation is 1. The summed E-state index contributed by atoms with van der Waals surface area (Å²) < 4.78 is 19.2. The van der Waals surface area contributed by atoms with E-state index in [4.69, 9.17) is 4.52 Å². The maximum atomic E-state index is 13.9. The van der Waals surface area contributed by atoms with Gasteiger partial charge in [0.25, 0.3) is 5.91 Å². The monoisotopic (exact) mass is 364 g/mol. The molecule has 1 aliphatic carbocycles. The number of hydrogen-bond acceptors (Lipinski definition) is 3. The van der Waals surface area contributed by atoms with Crippen molar-refractivity contribution >= 4 is 5.91 Å². The van der Waals surface area contributed by atoms with Gasteiger partial charge in [0.1, 0.15) is 17.3 Å². The summed E-state index contributed by atoms with van der Waals surface area (Å²) in [6.45, 7) is 2.12. The first-order valence-electron chi connectivity index (χ1n) is 9.09. The van der Waals surface area contributed by atoms with Gasteiger partial charge in [-0.05, 0) is 54.7 Å². The number of halogens is 1. The molecule has 1 aromatic heterocycles. The van der Waals surface area contributed by atoms with Crippen LogP contribution in [0.5, 0.6) is 0 Å². The van der Waals surface area contributed by atoms with Crippen LogP contribution in [0.1, 0.15) is 46.1 Å². The van der Waals surface area contributed by atoms with Crippen molar-refractivity contribution in [3.63, 3.8) is 0 Å². The lowest BCUT2D eigenvalue weighted by Gasteiger charge is -2.16.